The van der Waals surface area contributed by atoms with Crippen LogP contribution in [0.4, 0.5) is 0 Å². The zero-order valence-electron chi connectivity index (χ0n) is 9.55. The molecule has 1 fully saturated rings. The minimum absolute atomic E-state index is 0.0896. The van der Waals surface area contributed by atoms with Crippen LogP contribution < -0.4 is 11.1 Å². The van der Waals surface area contributed by atoms with Crippen molar-refractivity contribution in [1.82, 2.24) is 5.32 Å². The second kappa shape index (κ2) is 6.08. The van der Waals surface area contributed by atoms with Crippen molar-refractivity contribution in [2.45, 2.75) is 32.6 Å². The Morgan fingerprint density at radius 2 is 2.27 bits per heavy atom. The van der Waals surface area contributed by atoms with Crippen LogP contribution in [0.2, 0.25) is 0 Å². The second-order valence-corrected chi connectivity index (χ2v) is 4.26. The topological polar surface area (TPSA) is 64.3 Å². The maximum atomic E-state index is 11.4. The highest BCUT2D eigenvalue weighted by Gasteiger charge is 2.41. The van der Waals surface area contributed by atoms with Gasteiger partial charge in [0.1, 0.15) is 0 Å². The van der Waals surface area contributed by atoms with E-state index in [9.17, 15) is 4.79 Å². The largest absolute Gasteiger partial charge is 0.381 e. The second-order valence-electron chi connectivity index (χ2n) is 4.26. The first kappa shape index (κ1) is 12.5. The molecule has 4 heteroatoms. The van der Waals surface area contributed by atoms with Gasteiger partial charge in [-0.15, -0.1) is 0 Å². The van der Waals surface area contributed by atoms with E-state index in [1.807, 2.05) is 6.92 Å². The molecule has 3 N–H and O–H groups in total. The van der Waals surface area contributed by atoms with E-state index in [-0.39, 0.29) is 5.91 Å². The normalized spacial score (nSPS) is 17.5. The highest BCUT2D eigenvalue weighted by atomic mass is 16.5. The first-order valence-corrected chi connectivity index (χ1v) is 5.77. The van der Waals surface area contributed by atoms with Gasteiger partial charge in [0.25, 0.3) is 0 Å². The lowest BCUT2D eigenvalue weighted by Gasteiger charge is -2.14. The molecule has 0 aromatic carbocycles. The molecule has 1 aliphatic rings. The summed E-state index contributed by atoms with van der Waals surface area (Å²) in [5.41, 5.74) is 5.86. The minimum Gasteiger partial charge on any atom is -0.381 e. The fourth-order valence-corrected chi connectivity index (χ4v) is 1.68. The Morgan fingerprint density at radius 1 is 1.53 bits per heavy atom. The first-order valence-electron chi connectivity index (χ1n) is 5.77. The number of ether oxygens (including phenoxy) is 1. The van der Waals surface area contributed by atoms with Gasteiger partial charge >= 0.3 is 0 Å². The standard InChI is InChI=1S/C11H22N2O2/c1-2-15-8-3-10(14)13-9-11(4-5-11)6-7-12/h2-9,12H2,1H3,(H,13,14). The Hall–Kier alpha value is -0.610. The number of nitrogens with one attached hydrogen (secondary N) is 1. The maximum Gasteiger partial charge on any atom is 0.222 e. The van der Waals surface area contributed by atoms with Crippen molar-refractivity contribution in [2.24, 2.45) is 11.1 Å². The lowest BCUT2D eigenvalue weighted by molar-refractivity contribution is -0.122. The van der Waals surface area contributed by atoms with Gasteiger partial charge in [-0.2, -0.15) is 0 Å². The predicted octanol–water partition coefficient (Wildman–Crippen LogP) is 0.658. The average molecular weight is 214 g/mol. The molecule has 1 amide bonds. The van der Waals surface area contributed by atoms with E-state index in [2.05, 4.69) is 5.32 Å². The third kappa shape index (κ3) is 4.62. The number of carbonyl (C=O) groups is 1. The minimum atomic E-state index is 0.0896. The summed E-state index contributed by atoms with van der Waals surface area (Å²) < 4.78 is 5.12. The van der Waals surface area contributed by atoms with Crippen molar-refractivity contribution in [3.8, 4) is 0 Å². The molecule has 1 saturated carbocycles. The Morgan fingerprint density at radius 3 is 2.80 bits per heavy atom. The molecule has 0 bridgehead atoms. The Balaban J connectivity index is 2.06. The molecule has 0 aliphatic heterocycles. The molecule has 0 radical (unpaired) electrons. The van der Waals surface area contributed by atoms with Crippen molar-refractivity contribution in [3.63, 3.8) is 0 Å². The van der Waals surface area contributed by atoms with Crippen LogP contribution in [-0.4, -0.2) is 32.2 Å². The van der Waals surface area contributed by atoms with E-state index in [1.165, 1.54) is 12.8 Å². The summed E-state index contributed by atoms with van der Waals surface area (Å²) in [5.74, 6) is 0.0896. The van der Waals surface area contributed by atoms with Crippen LogP contribution in [0.3, 0.4) is 0 Å². The van der Waals surface area contributed by atoms with Crippen LogP contribution in [0.15, 0.2) is 0 Å². The smallest absolute Gasteiger partial charge is 0.222 e. The summed E-state index contributed by atoms with van der Waals surface area (Å²) in [6, 6.07) is 0. The molecule has 0 unspecified atom stereocenters. The Labute approximate surface area is 91.5 Å². The maximum absolute atomic E-state index is 11.4. The lowest BCUT2D eigenvalue weighted by atomic mass is 10.0. The van der Waals surface area contributed by atoms with Crippen LogP contribution in [0, 0.1) is 5.41 Å². The van der Waals surface area contributed by atoms with Gasteiger partial charge in [-0.05, 0) is 38.1 Å². The Bertz CT molecular complexity index is 203. The number of amides is 1. The van der Waals surface area contributed by atoms with Crippen LogP contribution >= 0.6 is 0 Å². The highest BCUT2D eigenvalue weighted by molar-refractivity contribution is 5.76. The van der Waals surface area contributed by atoms with Gasteiger partial charge in [-0.3, -0.25) is 4.79 Å². The molecule has 1 aliphatic carbocycles. The molecule has 88 valence electrons. The summed E-state index contributed by atoms with van der Waals surface area (Å²) in [5, 5.41) is 2.95. The number of carbonyl (C=O) groups excluding carboxylic acids is 1. The van der Waals surface area contributed by atoms with E-state index in [0.717, 1.165) is 19.5 Å². The molecule has 0 spiro atoms. The van der Waals surface area contributed by atoms with Crippen molar-refractivity contribution >= 4 is 5.91 Å². The van der Waals surface area contributed by atoms with Gasteiger partial charge in [-0.25, -0.2) is 0 Å². The van der Waals surface area contributed by atoms with Crippen molar-refractivity contribution in [3.05, 3.63) is 0 Å². The number of hydrogen-bond acceptors (Lipinski definition) is 3. The molecule has 15 heavy (non-hydrogen) atoms. The van der Waals surface area contributed by atoms with Crippen molar-refractivity contribution in [2.75, 3.05) is 26.3 Å². The van der Waals surface area contributed by atoms with Crippen LogP contribution in [0.25, 0.3) is 0 Å². The zero-order valence-corrected chi connectivity index (χ0v) is 9.55. The molecular weight excluding hydrogens is 192 g/mol. The van der Waals surface area contributed by atoms with E-state index in [4.69, 9.17) is 10.5 Å². The SMILES string of the molecule is CCOCCC(=O)NCC1(CCN)CC1. The van der Waals surface area contributed by atoms with E-state index >= 15 is 0 Å². The fraction of sp³-hybridized carbons (Fsp3) is 0.909. The third-order valence-corrected chi connectivity index (χ3v) is 2.97. The van der Waals surface area contributed by atoms with Crippen LogP contribution in [-0.2, 0) is 9.53 Å². The summed E-state index contributed by atoms with van der Waals surface area (Å²) in [6.07, 6.45) is 3.90. The summed E-state index contributed by atoms with van der Waals surface area (Å²) in [4.78, 5) is 11.4. The van der Waals surface area contributed by atoms with Gasteiger partial charge in [0, 0.05) is 19.6 Å². The Kier molecular flexibility index (Phi) is 5.05. The summed E-state index contributed by atoms with van der Waals surface area (Å²) in [7, 11) is 0. The zero-order chi connectivity index (χ0) is 11.1. The monoisotopic (exact) mass is 214 g/mol. The highest BCUT2D eigenvalue weighted by Crippen LogP contribution is 2.47. The summed E-state index contributed by atoms with van der Waals surface area (Å²) in [6.45, 7) is 4.62. The lowest BCUT2D eigenvalue weighted by Crippen LogP contribution is -2.31. The van der Waals surface area contributed by atoms with Gasteiger partial charge in [0.2, 0.25) is 5.91 Å². The van der Waals surface area contributed by atoms with Gasteiger partial charge in [0.15, 0.2) is 0 Å². The molecule has 0 aromatic rings. The van der Waals surface area contributed by atoms with Gasteiger partial charge in [-0.1, -0.05) is 0 Å². The van der Waals surface area contributed by atoms with Gasteiger partial charge in [0.05, 0.1) is 6.61 Å². The average Bonchev–Trinajstić information content (AvgIpc) is 2.97. The molecular formula is C11H22N2O2. The third-order valence-electron chi connectivity index (χ3n) is 2.97. The molecule has 0 aromatic heterocycles. The molecule has 0 heterocycles. The molecule has 1 rings (SSSR count). The fourth-order valence-electron chi connectivity index (χ4n) is 1.68. The molecule has 0 atom stereocenters. The molecule has 4 nitrogen and oxygen atoms in total. The van der Waals surface area contributed by atoms with Gasteiger partial charge < -0.3 is 15.8 Å². The van der Waals surface area contributed by atoms with E-state index < -0.39 is 0 Å². The number of hydrogen-bond donors (Lipinski definition) is 2. The quantitative estimate of drug-likeness (QED) is 0.583. The van der Waals surface area contributed by atoms with E-state index in [0.29, 0.717) is 25.0 Å². The van der Waals surface area contributed by atoms with Crippen LogP contribution in [0.1, 0.15) is 32.6 Å². The van der Waals surface area contributed by atoms with E-state index in [1.54, 1.807) is 0 Å². The first-order chi connectivity index (χ1) is 7.22. The van der Waals surface area contributed by atoms with Crippen molar-refractivity contribution in [1.29, 1.82) is 0 Å². The number of rotatable bonds is 8. The predicted molar refractivity (Wildman–Crippen MR) is 59.5 cm³/mol. The molecule has 0 saturated heterocycles. The summed E-state index contributed by atoms with van der Waals surface area (Å²) >= 11 is 0. The number of nitrogens with two attached hydrogens (primary N) is 1. The van der Waals surface area contributed by atoms with Crippen LogP contribution in [0.5, 0.6) is 0 Å². The van der Waals surface area contributed by atoms with Crippen molar-refractivity contribution < 1.29 is 9.53 Å².